The van der Waals surface area contributed by atoms with Crippen LogP contribution in [-0.4, -0.2) is 34.5 Å². The topological polar surface area (TPSA) is 83.3 Å². The van der Waals surface area contributed by atoms with Crippen LogP contribution in [0.1, 0.15) is 21.6 Å². The van der Waals surface area contributed by atoms with E-state index in [1.807, 2.05) is 35.7 Å². The molecule has 3 aromatic heterocycles. The number of hydrogen-bond acceptors (Lipinski definition) is 7. The van der Waals surface area contributed by atoms with Crippen LogP contribution < -0.4 is 15.0 Å². The van der Waals surface area contributed by atoms with E-state index in [0.717, 1.165) is 21.8 Å². The number of carbonyl (C=O) groups excluding carboxylic acids is 1. The number of benzene rings is 2. The number of ketones is 1. The predicted molar refractivity (Wildman–Crippen MR) is 139 cm³/mol. The van der Waals surface area contributed by atoms with Gasteiger partial charge in [0.15, 0.2) is 17.3 Å². The number of nitrogens with zero attached hydrogens (tertiary/aromatic N) is 3. The third-order valence-corrected chi connectivity index (χ3v) is 7.43. The van der Waals surface area contributed by atoms with Gasteiger partial charge in [-0.1, -0.05) is 24.3 Å². The van der Waals surface area contributed by atoms with Gasteiger partial charge in [-0.15, -0.1) is 11.3 Å². The van der Waals surface area contributed by atoms with Gasteiger partial charge in [0.05, 0.1) is 36.6 Å². The highest BCUT2D eigenvalue weighted by molar-refractivity contribution is 7.13. The molecule has 0 N–H and O–H groups in total. The molecule has 0 bridgehead atoms. The molecule has 0 amide bonds. The maximum Gasteiger partial charge on any atom is 0.262 e. The van der Waals surface area contributed by atoms with Crippen LogP contribution in [0.4, 0.5) is 0 Å². The number of fused-ring (bicyclic) bond motifs is 5. The van der Waals surface area contributed by atoms with Crippen LogP contribution in [0.15, 0.2) is 71.1 Å². The van der Waals surface area contributed by atoms with Crippen LogP contribution in [-0.2, 0) is 13.0 Å². The normalized spacial score (nSPS) is 12.0. The molecule has 0 fully saturated rings. The highest BCUT2D eigenvalue weighted by atomic mass is 32.1. The van der Waals surface area contributed by atoms with Gasteiger partial charge in [0, 0.05) is 52.8 Å². The van der Waals surface area contributed by atoms with E-state index in [1.54, 1.807) is 46.5 Å². The minimum atomic E-state index is -0.230. The zero-order valence-electron chi connectivity index (χ0n) is 19.6. The Morgan fingerprint density at radius 2 is 1.81 bits per heavy atom. The Morgan fingerprint density at radius 1 is 0.972 bits per heavy atom. The second-order valence-corrected chi connectivity index (χ2v) is 9.27. The lowest BCUT2D eigenvalue weighted by atomic mass is 10.0. The van der Waals surface area contributed by atoms with Gasteiger partial charge in [-0.3, -0.25) is 14.6 Å². The molecule has 6 rings (SSSR count). The number of aromatic nitrogens is 3. The average molecular weight is 496 g/mol. The first-order chi connectivity index (χ1) is 17.6. The Hall–Kier alpha value is -4.30. The van der Waals surface area contributed by atoms with Gasteiger partial charge in [-0.2, -0.15) is 0 Å². The second kappa shape index (κ2) is 8.73. The van der Waals surface area contributed by atoms with Crippen LogP contribution in [0.25, 0.3) is 32.6 Å². The van der Waals surface area contributed by atoms with Gasteiger partial charge in [-0.05, 0) is 24.3 Å². The molecule has 8 heteroatoms. The predicted octanol–water partition coefficient (Wildman–Crippen LogP) is 4.99. The SMILES string of the molecule is COc1ccc2c3c(n(CCc4csc(-c5cccnc5)n4)c(=O)c2c1OC)-c1ccccc1C3=O. The summed E-state index contributed by atoms with van der Waals surface area (Å²) in [4.78, 5) is 36.5. The van der Waals surface area contributed by atoms with Crippen LogP contribution in [0.5, 0.6) is 11.5 Å². The van der Waals surface area contributed by atoms with Gasteiger partial charge in [0.25, 0.3) is 5.56 Å². The van der Waals surface area contributed by atoms with Crippen LogP contribution in [0.3, 0.4) is 0 Å². The van der Waals surface area contributed by atoms with Crippen molar-refractivity contribution < 1.29 is 14.3 Å². The molecule has 0 atom stereocenters. The van der Waals surface area contributed by atoms with Crippen LogP contribution in [0, 0.1) is 0 Å². The number of carbonyl (C=O) groups is 1. The van der Waals surface area contributed by atoms with Gasteiger partial charge < -0.3 is 14.0 Å². The van der Waals surface area contributed by atoms with Crippen molar-refractivity contribution in [1.82, 2.24) is 14.5 Å². The van der Waals surface area contributed by atoms with Crippen LogP contribution >= 0.6 is 11.3 Å². The summed E-state index contributed by atoms with van der Waals surface area (Å²) in [6.45, 7) is 0.356. The van der Waals surface area contributed by atoms with E-state index in [0.29, 0.717) is 52.1 Å². The second-order valence-electron chi connectivity index (χ2n) is 8.41. The van der Waals surface area contributed by atoms with Gasteiger partial charge in [-0.25, -0.2) is 4.98 Å². The first kappa shape index (κ1) is 22.2. The number of ether oxygens (including phenoxy) is 2. The fourth-order valence-corrected chi connectivity index (χ4v) is 5.71. The molecule has 0 aliphatic heterocycles. The van der Waals surface area contributed by atoms with Gasteiger partial charge >= 0.3 is 0 Å². The molecule has 0 saturated carbocycles. The Labute approximate surface area is 210 Å². The average Bonchev–Trinajstić information content (AvgIpc) is 3.51. The van der Waals surface area contributed by atoms with Crippen molar-refractivity contribution in [3.05, 3.63) is 93.5 Å². The molecule has 36 heavy (non-hydrogen) atoms. The smallest absolute Gasteiger partial charge is 0.262 e. The highest BCUT2D eigenvalue weighted by Crippen LogP contribution is 2.43. The fraction of sp³-hybridized carbons (Fsp3) is 0.143. The van der Waals surface area contributed by atoms with Crippen molar-refractivity contribution in [2.45, 2.75) is 13.0 Å². The lowest BCUT2D eigenvalue weighted by Gasteiger charge is -2.17. The maximum absolute atomic E-state index is 14.0. The molecule has 3 heterocycles. The summed E-state index contributed by atoms with van der Waals surface area (Å²) in [7, 11) is 3.03. The fourth-order valence-electron chi connectivity index (χ4n) is 4.86. The van der Waals surface area contributed by atoms with E-state index in [9.17, 15) is 9.59 Å². The molecule has 0 radical (unpaired) electrons. The maximum atomic E-state index is 14.0. The molecule has 1 aliphatic rings. The van der Waals surface area contributed by atoms with Gasteiger partial charge in [0.1, 0.15) is 5.01 Å². The summed E-state index contributed by atoms with van der Waals surface area (Å²) in [5.74, 6) is 0.670. The first-order valence-electron chi connectivity index (χ1n) is 11.4. The van der Waals surface area contributed by atoms with Crippen molar-refractivity contribution >= 4 is 27.9 Å². The third kappa shape index (κ3) is 3.33. The Bertz CT molecular complexity index is 1710. The number of thiazole rings is 1. The Balaban J connectivity index is 1.52. The number of rotatable bonds is 6. The van der Waals surface area contributed by atoms with Crippen molar-refractivity contribution in [3.8, 4) is 33.3 Å². The highest BCUT2D eigenvalue weighted by Gasteiger charge is 2.33. The van der Waals surface area contributed by atoms with E-state index in [2.05, 4.69) is 4.98 Å². The molecular formula is C28H21N3O4S. The molecule has 5 aromatic rings. The quantitative estimate of drug-likeness (QED) is 0.324. The number of hydrogen-bond donors (Lipinski definition) is 0. The van der Waals surface area contributed by atoms with Gasteiger partial charge in [0.2, 0.25) is 0 Å². The van der Waals surface area contributed by atoms with E-state index in [4.69, 9.17) is 14.5 Å². The molecule has 0 saturated heterocycles. The molecular weight excluding hydrogens is 474 g/mol. The number of methoxy groups -OCH3 is 2. The van der Waals surface area contributed by atoms with Crippen molar-refractivity contribution in [1.29, 1.82) is 0 Å². The summed E-state index contributed by atoms with van der Waals surface area (Å²) in [5.41, 5.74) is 4.11. The standard InChI is InChI=1S/C28H21N3O4S/c1-34-21-10-9-20-22-24(18-7-3-4-8-19(18)25(22)32)31(28(33)23(20)26(21)35-2)13-11-17-15-36-27(30-17)16-6-5-12-29-14-16/h3-10,12,14-15H,11,13H2,1-2H3. The summed E-state index contributed by atoms with van der Waals surface area (Å²) in [5, 5.41) is 3.78. The third-order valence-electron chi connectivity index (χ3n) is 6.49. The molecule has 0 unspecified atom stereocenters. The molecule has 178 valence electrons. The first-order valence-corrected chi connectivity index (χ1v) is 12.3. The Morgan fingerprint density at radius 3 is 2.56 bits per heavy atom. The van der Waals surface area contributed by atoms with E-state index in [1.165, 1.54) is 14.2 Å². The minimum absolute atomic E-state index is 0.0981. The summed E-state index contributed by atoms with van der Waals surface area (Å²) < 4.78 is 12.7. The van der Waals surface area contributed by atoms with Crippen LogP contribution in [0.2, 0.25) is 0 Å². The largest absolute Gasteiger partial charge is 0.493 e. The lowest BCUT2D eigenvalue weighted by Crippen LogP contribution is -2.25. The molecule has 1 aliphatic carbocycles. The number of aryl methyl sites for hydroxylation is 1. The monoisotopic (exact) mass is 495 g/mol. The van der Waals surface area contributed by atoms with Crippen molar-refractivity contribution in [2.24, 2.45) is 0 Å². The summed E-state index contributed by atoms with van der Waals surface area (Å²) in [6.07, 6.45) is 4.04. The minimum Gasteiger partial charge on any atom is -0.493 e. The molecule has 7 nitrogen and oxygen atoms in total. The zero-order chi connectivity index (χ0) is 24.8. The molecule has 0 spiro atoms. The van der Waals surface area contributed by atoms with E-state index >= 15 is 0 Å². The van der Waals surface area contributed by atoms with Crippen molar-refractivity contribution in [3.63, 3.8) is 0 Å². The number of pyridine rings is 2. The Kier molecular flexibility index (Phi) is 5.38. The lowest BCUT2D eigenvalue weighted by molar-refractivity contribution is 0.104. The summed E-state index contributed by atoms with van der Waals surface area (Å²) >= 11 is 1.54. The summed E-state index contributed by atoms with van der Waals surface area (Å²) in [6, 6.07) is 14.8. The molecule has 2 aromatic carbocycles. The zero-order valence-corrected chi connectivity index (χ0v) is 20.5. The van der Waals surface area contributed by atoms with Crippen molar-refractivity contribution in [2.75, 3.05) is 14.2 Å². The van der Waals surface area contributed by atoms with E-state index < -0.39 is 0 Å². The van der Waals surface area contributed by atoms with E-state index in [-0.39, 0.29) is 11.3 Å².